The van der Waals surface area contributed by atoms with Crippen LogP contribution >= 0.6 is 0 Å². The molecule has 0 radical (unpaired) electrons. The third-order valence-electron chi connectivity index (χ3n) is 3.54. The second kappa shape index (κ2) is 9.53. The maximum atomic E-state index is 12.0. The van der Waals surface area contributed by atoms with E-state index in [9.17, 15) is 4.79 Å². The van der Waals surface area contributed by atoms with E-state index in [2.05, 4.69) is 19.2 Å². The number of aliphatic hydroxyl groups is 1. The lowest BCUT2D eigenvalue weighted by molar-refractivity contribution is -0.122. The Hall–Kier alpha value is -1.39. The van der Waals surface area contributed by atoms with E-state index in [4.69, 9.17) is 10.8 Å². The smallest absolute Gasteiger partial charge is 0.237 e. The summed E-state index contributed by atoms with van der Waals surface area (Å²) >= 11 is 0. The van der Waals surface area contributed by atoms with E-state index in [-0.39, 0.29) is 12.5 Å². The van der Waals surface area contributed by atoms with Gasteiger partial charge in [0, 0.05) is 13.2 Å². The van der Waals surface area contributed by atoms with Crippen molar-refractivity contribution < 1.29 is 9.90 Å². The van der Waals surface area contributed by atoms with Crippen LogP contribution in [0.2, 0.25) is 0 Å². The highest BCUT2D eigenvalue weighted by molar-refractivity contribution is 5.81. The van der Waals surface area contributed by atoms with Crippen molar-refractivity contribution >= 4 is 5.91 Å². The molecule has 1 aromatic carbocycles. The second-order valence-electron chi connectivity index (χ2n) is 6.05. The average molecular weight is 292 g/mol. The maximum Gasteiger partial charge on any atom is 0.237 e. The number of amides is 1. The van der Waals surface area contributed by atoms with Crippen molar-refractivity contribution in [3.05, 3.63) is 35.9 Å². The molecule has 0 aliphatic carbocycles. The van der Waals surface area contributed by atoms with Gasteiger partial charge in [-0.15, -0.1) is 0 Å². The lowest BCUT2D eigenvalue weighted by atomic mass is 9.94. The summed E-state index contributed by atoms with van der Waals surface area (Å²) in [5.41, 5.74) is 7.01. The first-order valence-corrected chi connectivity index (χ1v) is 7.71. The fraction of sp³-hybridized carbons (Fsp3) is 0.588. The zero-order chi connectivity index (χ0) is 15.7. The molecule has 118 valence electrons. The normalized spacial score (nSPS) is 14.0. The molecule has 0 saturated carbocycles. The van der Waals surface area contributed by atoms with Crippen molar-refractivity contribution in [2.45, 2.75) is 39.2 Å². The molecule has 0 aliphatic rings. The molecule has 0 aromatic heterocycles. The van der Waals surface area contributed by atoms with E-state index in [1.54, 1.807) is 0 Å². The molecule has 4 N–H and O–H groups in total. The van der Waals surface area contributed by atoms with Gasteiger partial charge >= 0.3 is 0 Å². The Bertz CT molecular complexity index is 407. The third-order valence-corrected chi connectivity index (χ3v) is 3.54. The van der Waals surface area contributed by atoms with Gasteiger partial charge in [-0.25, -0.2) is 0 Å². The Balaban J connectivity index is 2.40. The molecule has 1 aromatic rings. The Kier molecular flexibility index (Phi) is 8.01. The zero-order valence-electron chi connectivity index (χ0n) is 13.1. The van der Waals surface area contributed by atoms with Crippen LogP contribution in [0.3, 0.4) is 0 Å². The van der Waals surface area contributed by atoms with Crippen molar-refractivity contribution in [1.82, 2.24) is 5.32 Å². The van der Waals surface area contributed by atoms with Gasteiger partial charge in [-0.3, -0.25) is 4.79 Å². The number of hydrogen-bond donors (Lipinski definition) is 3. The minimum atomic E-state index is -0.527. The van der Waals surface area contributed by atoms with Crippen LogP contribution in [-0.2, 0) is 11.2 Å². The van der Waals surface area contributed by atoms with Gasteiger partial charge in [0.2, 0.25) is 5.91 Å². The number of carbonyl (C=O) groups excluding carboxylic acids is 1. The lowest BCUT2D eigenvalue weighted by Gasteiger charge is -2.20. The highest BCUT2D eigenvalue weighted by Gasteiger charge is 2.16. The van der Waals surface area contributed by atoms with Gasteiger partial charge in [-0.2, -0.15) is 0 Å². The van der Waals surface area contributed by atoms with Crippen molar-refractivity contribution in [3.63, 3.8) is 0 Å². The van der Waals surface area contributed by atoms with Gasteiger partial charge in [0.15, 0.2) is 0 Å². The number of nitrogens with one attached hydrogen (secondary N) is 1. The summed E-state index contributed by atoms with van der Waals surface area (Å²) in [5.74, 6) is 0.741. The number of rotatable bonds is 9. The topological polar surface area (TPSA) is 75.3 Å². The lowest BCUT2D eigenvalue weighted by Crippen LogP contribution is -2.43. The van der Waals surface area contributed by atoms with Crippen LogP contribution in [0, 0.1) is 11.8 Å². The number of aliphatic hydroxyl groups excluding tert-OH is 1. The van der Waals surface area contributed by atoms with E-state index < -0.39 is 6.04 Å². The van der Waals surface area contributed by atoms with Crippen molar-refractivity contribution in [2.75, 3.05) is 13.2 Å². The monoisotopic (exact) mass is 292 g/mol. The minimum Gasteiger partial charge on any atom is -0.396 e. The van der Waals surface area contributed by atoms with Crippen molar-refractivity contribution in [3.8, 4) is 0 Å². The van der Waals surface area contributed by atoms with E-state index in [1.165, 1.54) is 0 Å². The number of carbonyl (C=O) groups is 1. The Morgan fingerprint density at radius 2 is 1.95 bits per heavy atom. The fourth-order valence-corrected chi connectivity index (χ4v) is 2.49. The van der Waals surface area contributed by atoms with Gasteiger partial charge in [0.25, 0.3) is 0 Å². The molecule has 1 unspecified atom stereocenters. The highest BCUT2D eigenvalue weighted by Crippen LogP contribution is 2.14. The van der Waals surface area contributed by atoms with Gasteiger partial charge in [-0.05, 0) is 36.7 Å². The van der Waals surface area contributed by atoms with Gasteiger partial charge in [-0.1, -0.05) is 44.2 Å². The minimum absolute atomic E-state index is 0.120. The van der Waals surface area contributed by atoms with E-state index in [0.29, 0.717) is 31.2 Å². The summed E-state index contributed by atoms with van der Waals surface area (Å²) in [6.07, 6.45) is 2.25. The molecule has 4 heteroatoms. The summed E-state index contributed by atoms with van der Waals surface area (Å²) in [6.45, 7) is 5.03. The van der Waals surface area contributed by atoms with Crippen LogP contribution in [0.25, 0.3) is 0 Å². The number of nitrogens with two attached hydrogens (primary N) is 1. The predicted molar refractivity (Wildman–Crippen MR) is 85.8 cm³/mol. The van der Waals surface area contributed by atoms with Crippen LogP contribution in [0.4, 0.5) is 0 Å². The Morgan fingerprint density at radius 3 is 2.52 bits per heavy atom. The molecule has 21 heavy (non-hydrogen) atoms. The van der Waals surface area contributed by atoms with Crippen LogP contribution in [0.15, 0.2) is 30.3 Å². The fourth-order valence-electron chi connectivity index (χ4n) is 2.49. The summed E-state index contributed by atoms with van der Waals surface area (Å²) in [7, 11) is 0. The molecule has 0 aliphatic heterocycles. The molecule has 1 amide bonds. The first kappa shape index (κ1) is 17.7. The standard InChI is InChI=1S/C17H28N2O2/c1-13(2)10-15(8-9-20)12-19-17(21)16(18)11-14-6-4-3-5-7-14/h3-7,13,15-16,20H,8-12,18H2,1-2H3,(H,19,21)/t15?,16-/m0/s1. The summed E-state index contributed by atoms with van der Waals surface area (Å²) in [5, 5.41) is 12.0. The molecule has 1 rings (SSSR count). The van der Waals surface area contributed by atoms with Crippen LogP contribution in [0.1, 0.15) is 32.3 Å². The summed E-state index contributed by atoms with van der Waals surface area (Å²) in [4.78, 5) is 12.0. The van der Waals surface area contributed by atoms with E-state index in [0.717, 1.165) is 12.0 Å². The van der Waals surface area contributed by atoms with Crippen LogP contribution in [0.5, 0.6) is 0 Å². The first-order valence-electron chi connectivity index (χ1n) is 7.71. The quantitative estimate of drug-likeness (QED) is 0.648. The molecule has 0 bridgehead atoms. The van der Waals surface area contributed by atoms with E-state index in [1.807, 2.05) is 30.3 Å². The SMILES string of the molecule is CC(C)CC(CCO)CNC(=O)[C@@H](N)Cc1ccccc1. The van der Waals surface area contributed by atoms with Crippen molar-refractivity contribution in [2.24, 2.45) is 17.6 Å². The largest absolute Gasteiger partial charge is 0.396 e. The van der Waals surface area contributed by atoms with Gasteiger partial charge < -0.3 is 16.2 Å². The second-order valence-corrected chi connectivity index (χ2v) is 6.05. The predicted octanol–water partition coefficient (Wildman–Crippen LogP) is 1.72. The maximum absolute atomic E-state index is 12.0. The summed E-state index contributed by atoms with van der Waals surface area (Å²) in [6, 6.07) is 9.25. The molecule has 2 atom stereocenters. The summed E-state index contributed by atoms with van der Waals surface area (Å²) < 4.78 is 0. The first-order chi connectivity index (χ1) is 10.0. The van der Waals surface area contributed by atoms with Gasteiger partial charge in [0.05, 0.1) is 6.04 Å². The van der Waals surface area contributed by atoms with Crippen LogP contribution < -0.4 is 11.1 Å². The van der Waals surface area contributed by atoms with Gasteiger partial charge in [0.1, 0.15) is 0 Å². The molecule has 0 saturated heterocycles. The van der Waals surface area contributed by atoms with Crippen LogP contribution in [-0.4, -0.2) is 30.2 Å². The molecule has 0 heterocycles. The molecule has 0 fully saturated rings. The highest BCUT2D eigenvalue weighted by atomic mass is 16.3. The molecule has 0 spiro atoms. The zero-order valence-corrected chi connectivity index (χ0v) is 13.1. The van der Waals surface area contributed by atoms with Crippen molar-refractivity contribution in [1.29, 1.82) is 0 Å². The third kappa shape index (κ3) is 7.25. The van der Waals surface area contributed by atoms with E-state index >= 15 is 0 Å². The molecular weight excluding hydrogens is 264 g/mol. The molecular formula is C17H28N2O2. The number of hydrogen-bond acceptors (Lipinski definition) is 3. The Morgan fingerprint density at radius 1 is 1.29 bits per heavy atom. The molecule has 4 nitrogen and oxygen atoms in total. The average Bonchev–Trinajstić information content (AvgIpc) is 2.45. The Labute approximate surface area is 127 Å². The number of benzene rings is 1.